The van der Waals surface area contributed by atoms with Gasteiger partial charge in [0.15, 0.2) is 0 Å². The van der Waals surface area contributed by atoms with E-state index < -0.39 is 0 Å². The molecule has 3 heterocycles. The van der Waals surface area contributed by atoms with E-state index >= 15 is 0 Å². The van der Waals surface area contributed by atoms with Crippen LogP contribution < -0.4 is 5.56 Å². The summed E-state index contributed by atoms with van der Waals surface area (Å²) >= 11 is 0. The molecule has 19 heavy (non-hydrogen) atoms. The Hall–Kier alpha value is -1.78. The van der Waals surface area contributed by atoms with Gasteiger partial charge >= 0.3 is 6.03 Å². The summed E-state index contributed by atoms with van der Waals surface area (Å²) in [7, 11) is 3.57. The van der Waals surface area contributed by atoms with Crippen LogP contribution in [0.3, 0.4) is 0 Å². The third-order valence-electron chi connectivity index (χ3n) is 4.13. The number of hydrogen-bond acceptors (Lipinski definition) is 2. The molecule has 0 N–H and O–H groups in total. The third kappa shape index (κ3) is 2.03. The van der Waals surface area contributed by atoms with Crippen LogP contribution in [0.4, 0.5) is 4.79 Å². The summed E-state index contributed by atoms with van der Waals surface area (Å²) in [5.41, 5.74) is 1.17. The molecule has 2 aliphatic rings. The number of nitrogens with zero attached hydrogens (tertiary/aromatic N) is 3. The topological polar surface area (TPSA) is 45.6 Å². The average Bonchev–Trinajstić information content (AvgIpc) is 2.39. The second kappa shape index (κ2) is 4.40. The fourth-order valence-electron chi connectivity index (χ4n) is 3.34. The molecule has 1 fully saturated rings. The van der Waals surface area contributed by atoms with Gasteiger partial charge in [0.1, 0.15) is 0 Å². The largest absolute Gasteiger partial charge is 0.331 e. The first-order chi connectivity index (χ1) is 9.06. The van der Waals surface area contributed by atoms with Gasteiger partial charge in [0.25, 0.3) is 5.56 Å². The number of urea groups is 1. The first kappa shape index (κ1) is 12.3. The normalized spacial score (nSPS) is 24.8. The molecule has 0 unspecified atom stereocenters. The predicted octanol–water partition coefficient (Wildman–Crippen LogP) is 0.949. The molecule has 0 spiro atoms. The maximum atomic E-state index is 12.1. The molecule has 102 valence electrons. The van der Waals surface area contributed by atoms with Crippen LogP contribution in [0.1, 0.15) is 18.0 Å². The number of pyridine rings is 1. The molecular weight excluding hydrogens is 242 g/mol. The van der Waals surface area contributed by atoms with E-state index in [1.807, 2.05) is 21.6 Å². The third-order valence-corrected chi connectivity index (χ3v) is 4.13. The number of rotatable bonds is 0. The van der Waals surface area contributed by atoms with Crippen molar-refractivity contribution in [3.05, 3.63) is 34.2 Å². The van der Waals surface area contributed by atoms with Crippen LogP contribution in [0.2, 0.25) is 0 Å². The van der Waals surface area contributed by atoms with E-state index in [2.05, 4.69) is 0 Å². The number of fused-ring (bicyclic) bond motifs is 4. The number of carbonyl (C=O) groups is 1. The average molecular weight is 261 g/mol. The molecule has 2 atom stereocenters. The highest BCUT2D eigenvalue weighted by atomic mass is 16.2. The van der Waals surface area contributed by atoms with Crippen molar-refractivity contribution >= 4 is 6.03 Å². The Bertz CT molecular complexity index is 564. The quantitative estimate of drug-likeness (QED) is 0.698. The number of hydrogen-bond donors (Lipinski definition) is 0. The van der Waals surface area contributed by atoms with Gasteiger partial charge < -0.3 is 14.4 Å². The Balaban J connectivity index is 1.92. The zero-order valence-corrected chi connectivity index (χ0v) is 11.4. The molecule has 1 aromatic rings. The Labute approximate surface area is 112 Å². The lowest BCUT2D eigenvalue weighted by molar-refractivity contribution is 0.115. The summed E-state index contributed by atoms with van der Waals surface area (Å²) in [6, 6.07) is 5.53. The number of carbonyl (C=O) groups excluding carboxylic acids is 1. The molecule has 0 aliphatic carbocycles. The summed E-state index contributed by atoms with van der Waals surface area (Å²) in [4.78, 5) is 27.5. The van der Waals surface area contributed by atoms with E-state index in [0.717, 1.165) is 31.7 Å². The SMILES string of the molecule is CN(C)C(=O)N1C[C@H]2C[C@H](C1)c1cccc(=O)n1C2. The fourth-order valence-corrected chi connectivity index (χ4v) is 3.34. The highest BCUT2D eigenvalue weighted by molar-refractivity contribution is 5.74. The van der Waals surface area contributed by atoms with Crippen molar-refractivity contribution in [1.29, 1.82) is 0 Å². The van der Waals surface area contributed by atoms with E-state index in [-0.39, 0.29) is 11.6 Å². The Morgan fingerprint density at radius 1 is 1.26 bits per heavy atom. The van der Waals surface area contributed by atoms with Crippen LogP contribution in [-0.2, 0) is 6.54 Å². The smallest absolute Gasteiger partial charge is 0.319 e. The highest BCUT2D eigenvalue weighted by Crippen LogP contribution is 2.35. The minimum absolute atomic E-state index is 0.0708. The molecule has 0 saturated carbocycles. The summed E-state index contributed by atoms with van der Waals surface area (Å²) in [6.45, 7) is 2.22. The van der Waals surface area contributed by atoms with Gasteiger partial charge in [0, 0.05) is 51.4 Å². The molecule has 2 bridgehead atoms. The van der Waals surface area contributed by atoms with Crippen molar-refractivity contribution in [1.82, 2.24) is 14.4 Å². The molecule has 0 aromatic carbocycles. The van der Waals surface area contributed by atoms with Crippen LogP contribution in [-0.4, -0.2) is 47.6 Å². The molecule has 1 saturated heterocycles. The Morgan fingerprint density at radius 2 is 2.05 bits per heavy atom. The molecule has 2 aliphatic heterocycles. The van der Waals surface area contributed by atoms with E-state index in [0.29, 0.717) is 11.8 Å². The van der Waals surface area contributed by atoms with Gasteiger partial charge in [-0.1, -0.05) is 6.07 Å². The van der Waals surface area contributed by atoms with Gasteiger partial charge in [-0.05, 0) is 18.4 Å². The number of aromatic nitrogens is 1. The van der Waals surface area contributed by atoms with E-state index in [1.165, 1.54) is 0 Å². The van der Waals surface area contributed by atoms with Gasteiger partial charge in [-0.25, -0.2) is 4.79 Å². The second-order valence-corrected chi connectivity index (χ2v) is 5.78. The van der Waals surface area contributed by atoms with Crippen LogP contribution in [0.25, 0.3) is 0 Å². The van der Waals surface area contributed by atoms with Gasteiger partial charge in [0.2, 0.25) is 0 Å². The van der Waals surface area contributed by atoms with Crippen molar-refractivity contribution in [2.24, 2.45) is 5.92 Å². The minimum atomic E-state index is 0.0708. The van der Waals surface area contributed by atoms with Crippen LogP contribution >= 0.6 is 0 Å². The zero-order valence-electron chi connectivity index (χ0n) is 11.4. The number of likely N-dealkylation sites (tertiary alicyclic amines) is 1. The maximum Gasteiger partial charge on any atom is 0.319 e. The van der Waals surface area contributed by atoms with Crippen molar-refractivity contribution in [2.75, 3.05) is 27.2 Å². The van der Waals surface area contributed by atoms with E-state index in [9.17, 15) is 9.59 Å². The van der Waals surface area contributed by atoms with Crippen molar-refractivity contribution in [2.45, 2.75) is 18.9 Å². The fraction of sp³-hybridized carbons (Fsp3) is 0.571. The lowest BCUT2D eigenvalue weighted by Gasteiger charge is -2.43. The van der Waals surface area contributed by atoms with Crippen LogP contribution in [0.5, 0.6) is 0 Å². The van der Waals surface area contributed by atoms with E-state index in [1.54, 1.807) is 25.1 Å². The molecule has 5 nitrogen and oxygen atoms in total. The van der Waals surface area contributed by atoms with Gasteiger partial charge in [-0.2, -0.15) is 0 Å². The lowest BCUT2D eigenvalue weighted by Crippen LogP contribution is -2.51. The monoisotopic (exact) mass is 261 g/mol. The molecular formula is C14H19N3O2. The van der Waals surface area contributed by atoms with Crippen molar-refractivity contribution < 1.29 is 4.79 Å². The molecule has 1 aromatic heterocycles. The van der Waals surface area contributed by atoms with Gasteiger partial charge in [0.05, 0.1) is 0 Å². The second-order valence-electron chi connectivity index (χ2n) is 5.78. The standard InChI is InChI=1S/C14H19N3O2/c1-15(2)14(19)16-7-10-6-11(9-16)12-4-3-5-13(18)17(12)8-10/h3-5,10-11H,6-9H2,1-2H3/t10-,11-/m1/s1. The van der Waals surface area contributed by atoms with Crippen LogP contribution in [0.15, 0.2) is 23.0 Å². The first-order valence-corrected chi connectivity index (χ1v) is 6.72. The Kier molecular flexibility index (Phi) is 2.84. The molecule has 5 heteroatoms. The van der Waals surface area contributed by atoms with Crippen molar-refractivity contribution in [3.8, 4) is 0 Å². The number of piperidine rings is 1. The molecule has 3 rings (SSSR count). The number of amides is 2. The Morgan fingerprint density at radius 3 is 2.79 bits per heavy atom. The maximum absolute atomic E-state index is 12.1. The lowest BCUT2D eigenvalue weighted by atomic mass is 9.83. The van der Waals surface area contributed by atoms with Gasteiger partial charge in [-0.3, -0.25) is 4.79 Å². The van der Waals surface area contributed by atoms with E-state index in [4.69, 9.17) is 0 Å². The summed E-state index contributed by atoms with van der Waals surface area (Å²) in [6.07, 6.45) is 1.08. The highest BCUT2D eigenvalue weighted by Gasteiger charge is 2.36. The summed E-state index contributed by atoms with van der Waals surface area (Å²) < 4.78 is 1.89. The van der Waals surface area contributed by atoms with Gasteiger partial charge in [-0.15, -0.1) is 0 Å². The minimum Gasteiger partial charge on any atom is -0.331 e. The molecule has 0 radical (unpaired) electrons. The zero-order chi connectivity index (χ0) is 13.6. The summed E-state index contributed by atoms with van der Waals surface area (Å²) in [5.74, 6) is 0.695. The summed E-state index contributed by atoms with van der Waals surface area (Å²) in [5, 5.41) is 0. The van der Waals surface area contributed by atoms with Crippen LogP contribution in [0, 0.1) is 5.92 Å². The predicted molar refractivity (Wildman–Crippen MR) is 72.2 cm³/mol. The van der Waals surface area contributed by atoms with Crippen molar-refractivity contribution in [3.63, 3.8) is 0 Å². The molecule has 2 amide bonds. The first-order valence-electron chi connectivity index (χ1n) is 6.72.